The Kier molecular flexibility index (Phi) is 10.8. The van der Waals surface area contributed by atoms with Crippen LogP contribution >= 0.6 is 0 Å². The fraction of sp³-hybridized carbons (Fsp3) is 0.417. The number of unbranched alkanes of at least 4 members (excludes halogenated alkanes) is 2. The number of hydrogen-bond donors (Lipinski definition) is 2. The first kappa shape index (κ1) is 32.8. The number of ether oxygens (including phenoxy) is 2. The molecule has 0 spiro atoms. The van der Waals surface area contributed by atoms with Crippen LogP contribution in [0.25, 0.3) is 0 Å². The fourth-order valence-electron chi connectivity index (χ4n) is 5.82. The van der Waals surface area contributed by atoms with Crippen molar-refractivity contribution in [1.29, 1.82) is 0 Å². The number of piperazine rings is 1. The second-order valence-corrected chi connectivity index (χ2v) is 12.1. The summed E-state index contributed by atoms with van der Waals surface area (Å²) in [6.07, 6.45) is 4.05. The van der Waals surface area contributed by atoms with Gasteiger partial charge in [0, 0.05) is 63.0 Å². The molecule has 244 valence electrons. The normalized spacial score (nSPS) is 14.3. The predicted molar refractivity (Wildman–Crippen MR) is 182 cm³/mol. The number of likely N-dealkylation sites (N-methyl/N-ethyl adjacent to an activating group) is 1. The van der Waals surface area contributed by atoms with Gasteiger partial charge in [-0.15, -0.1) is 0 Å². The number of methoxy groups -OCH3 is 1. The molecule has 10 nitrogen and oxygen atoms in total. The SMILES string of the molecule is COc1cc(C(=O)N(C)c2ccc(C)cc2OCCCCCC(=O)N2CCN(C)CC2)ccc1NC(=O)c1ccc2c(c1)NCC2. The van der Waals surface area contributed by atoms with Gasteiger partial charge in [-0.25, -0.2) is 0 Å². The number of aryl methyl sites for hydroxylation is 1. The monoisotopic (exact) mass is 627 g/mol. The third kappa shape index (κ3) is 7.98. The van der Waals surface area contributed by atoms with Gasteiger partial charge in [0.2, 0.25) is 5.91 Å². The molecule has 1 fully saturated rings. The molecule has 2 aliphatic rings. The average molecular weight is 628 g/mol. The van der Waals surface area contributed by atoms with Crippen molar-refractivity contribution in [2.75, 3.05) is 76.1 Å². The molecule has 0 radical (unpaired) electrons. The van der Waals surface area contributed by atoms with Crippen molar-refractivity contribution < 1.29 is 23.9 Å². The molecule has 46 heavy (non-hydrogen) atoms. The molecule has 2 aliphatic heterocycles. The van der Waals surface area contributed by atoms with Crippen molar-refractivity contribution in [2.24, 2.45) is 0 Å². The lowest BCUT2D eigenvalue weighted by Gasteiger charge is -2.32. The maximum atomic E-state index is 13.6. The highest BCUT2D eigenvalue weighted by Crippen LogP contribution is 2.32. The molecule has 10 heteroatoms. The average Bonchev–Trinajstić information content (AvgIpc) is 3.54. The van der Waals surface area contributed by atoms with Gasteiger partial charge in [-0.3, -0.25) is 14.4 Å². The summed E-state index contributed by atoms with van der Waals surface area (Å²) in [6.45, 7) is 6.82. The predicted octanol–water partition coefficient (Wildman–Crippen LogP) is 5.21. The maximum absolute atomic E-state index is 13.6. The molecule has 0 aromatic heterocycles. The zero-order chi connectivity index (χ0) is 32.6. The van der Waals surface area contributed by atoms with Gasteiger partial charge >= 0.3 is 0 Å². The molecule has 3 aromatic carbocycles. The Labute approximate surface area is 271 Å². The Morgan fingerprint density at radius 1 is 0.913 bits per heavy atom. The number of amides is 3. The molecule has 0 bridgehead atoms. The Morgan fingerprint density at radius 3 is 2.48 bits per heavy atom. The summed E-state index contributed by atoms with van der Waals surface area (Å²) >= 11 is 0. The minimum absolute atomic E-state index is 0.235. The van der Waals surface area contributed by atoms with Crippen molar-refractivity contribution in [2.45, 2.75) is 39.0 Å². The van der Waals surface area contributed by atoms with E-state index in [0.717, 1.165) is 69.7 Å². The Balaban J connectivity index is 1.16. The lowest BCUT2D eigenvalue weighted by molar-refractivity contribution is -0.132. The first-order chi connectivity index (χ1) is 22.2. The lowest BCUT2D eigenvalue weighted by atomic mass is 10.1. The van der Waals surface area contributed by atoms with Crippen LogP contribution in [0, 0.1) is 6.92 Å². The first-order valence-corrected chi connectivity index (χ1v) is 16.1. The van der Waals surface area contributed by atoms with Crippen LogP contribution in [-0.2, 0) is 11.2 Å². The third-order valence-electron chi connectivity index (χ3n) is 8.71. The van der Waals surface area contributed by atoms with Gasteiger partial charge in [-0.2, -0.15) is 0 Å². The van der Waals surface area contributed by atoms with Crippen LogP contribution in [-0.4, -0.2) is 88.1 Å². The van der Waals surface area contributed by atoms with E-state index in [1.807, 2.05) is 48.2 Å². The topological polar surface area (TPSA) is 103 Å². The molecule has 0 atom stereocenters. The van der Waals surface area contributed by atoms with Crippen molar-refractivity contribution in [3.8, 4) is 11.5 Å². The quantitative estimate of drug-likeness (QED) is 0.266. The molecule has 1 saturated heterocycles. The van der Waals surface area contributed by atoms with Crippen molar-refractivity contribution in [3.05, 3.63) is 76.9 Å². The highest BCUT2D eigenvalue weighted by Gasteiger charge is 2.21. The smallest absolute Gasteiger partial charge is 0.258 e. The van der Waals surface area contributed by atoms with E-state index < -0.39 is 0 Å². The van der Waals surface area contributed by atoms with Crippen LogP contribution in [0.3, 0.4) is 0 Å². The van der Waals surface area contributed by atoms with Crippen molar-refractivity contribution in [1.82, 2.24) is 9.80 Å². The first-order valence-electron chi connectivity index (χ1n) is 16.1. The van der Waals surface area contributed by atoms with E-state index in [1.54, 1.807) is 30.1 Å². The van der Waals surface area contributed by atoms with E-state index in [4.69, 9.17) is 9.47 Å². The number of nitrogens with one attached hydrogen (secondary N) is 2. The fourth-order valence-corrected chi connectivity index (χ4v) is 5.82. The number of rotatable bonds is 12. The molecular weight excluding hydrogens is 582 g/mol. The summed E-state index contributed by atoms with van der Waals surface area (Å²) in [7, 11) is 5.31. The molecule has 3 aromatic rings. The van der Waals surface area contributed by atoms with Gasteiger partial charge < -0.3 is 34.8 Å². The Hall–Kier alpha value is -4.57. The van der Waals surface area contributed by atoms with E-state index in [-0.39, 0.29) is 17.7 Å². The number of hydrogen-bond acceptors (Lipinski definition) is 7. The number of carbonyl (C=O) groups excluding carboxylic acids is 3. The van der Waals surface area contributed by atoms with Gasteiger partial charge in [0.15, 0.2) is 0 Å². The lowest BCUT2D eigenvalue weighted by Crippen LogP contribution is -2.47. The number of nitrogens with zero attached hydrogens (tertiary/aromatic N) is 3. The molecular formula is C36H45N5O5. The molecule has 3 amide bonds. The van der Waals surface area contributed by atoms with Gasteiger partial charge in [-0.1, -0.05) is 12.1 Å². The summed E-state index contributed by atoms with van der Waals surface area (Å²) < 4.78 is 11.7. The molecule has 0 saturated carbocycles. The summed E-state index contributed by atoms with van der Waals surface area (Å²) in [4.78, 5) is 44.9. The maximum Gasteiger partial charge on any atom is 0.258 e. The molecule has 5 rings (SSSR count). The van der Waals surface area contributed by atoms with Gasteiger partial charge in [0.05, 0.1) is 25.1 Å². The molecule has 2 heterocycles. The number of carbonyl (C=O) groups is 3. The van der Waals surface area contributed by atoms with E-state index in [0.29, 0.717) is 47.0 Å². The van der Waals surface area contributed by atoms with E-state index in [2.05, 4.69) is 22.6 Å². The zero-order valence-corrected chi connectivity index (χ0v) is 27.4. The van der Waals surface area contributed by atoms with Crippen molar-refractivity contribution in [3.63, 3.8) is 0 Å². The van der Waals surface area contributed by atoms with Gasteiger partial charge in [0.1, 0.15) is 11.5 Å². The summed E-state index contributed by atoms with van der Waals surface area (Å²) in [5, 5.41) is 6.21. The van der Waals surface area contributed by atoms with Gasteiger partial charge in [0.25, 0.3) is 11.8 Å². The molecule has 2 N–H and O–H groups in total. The minimum Gasteiger partial charge on any atom is -0.495 e. The second-order valence-electron chi connectivity index (χ2n) is 12.1. The summed E-state index contributed by atoms with van der Waals surface area (Å²) in [5.74, 6) is 0.757. The molecule has 0 aliphatic carbocycles. The highest BCUT2D eigenvalue weighted by atomic mass is 16.5. The number of benzene rings is 3. The van der Waals surface area contributed by atoms with Crippen LogP contribution in [0.15, 0.2) is 54.6 Å². The Bertz CT molecular complexity index is 1570. The highest BCUT2D eigenvalue weighted by molar-refractivity contribution is 6.09. The number of anilines is 3. The summed E-state index contributed by atoms with van der Waals surface area (Å²) in [5.41, 5.74) is 5.30. The Morgan fingerprint density at radius 2 is 1.70 bits per heavy atom. The second kappa shape index (κ2) is 15.1. The molecule has 0 unspecified atom stereocenters. The van der Waals surface area contributed by atoms with Crippen LogP contribution in [0.4, 0.5) is 17.1 Å². The van der Waals surface area contributed by atoms with Crippen LogP contribution in [0.1, 0.15) is 57.5 Å². The van der Waals surface area contributed by atoms with Crippen LogP contribution in [0.2, 0.25) is 0 Å². The summed E-state index contributed by atoms with van der Waals surface area (Å²) in [6, 6.07) is 16.4. The largest absolute Gasteiger partial charge is 0.495 e. The van der Waals surface area contributed by atoms with Gasteiger partial charge in [-0.05, 0) is 93.2 Å². The van der Waals surface area contributed by atoms with Crippen LogP contribution < -0.4 is 25.0 Å². The number of fused-ring (bicyclic) bond motifs is 1. The zero-order valence-electron chi connectivity index (χ0n) is 27.4. The van der Waals surface area contributed by atoms with E-state index in [1.165, 1.54) is 12.7 Å². The third-order valence-corrected chi connectivity index (χ3v) is 8.71. The standard InChI is InChI=1S/C36H45N5O5/c1-25-9-14-31(33(22-25)46-21-7-5-6-8-34(42)41-19-17-39(2)18-20-41)40(3)36(44)28-12-13-29(32(24-28)45-4)38-35(43)27-11-10-26-15-16-37-30(26)23-27/h9-14,22-24,37H,5-8,15-21H2,1-4H3,(H,38,43). The minimum atomic E-state index is -0.255. The van der Waals surface area contributed by atoms with E-state index >= 15 is 0 Å². The van der Waals surface area contributed by atoms with Crippen molar-refractivity contribution >= 4 is 34.8 Å². The van der Waals surface area contributed by atoms with E-state index in [9.17, 15) is 14.4 Å². The van der Waals surface area contributed by atoms with Crippen LogP contribution in [0.5, 0.6) is 11.5 Å².